The van der Waals surface area contributed by atoms with Crippen molar-refractivity contribution in [2.75, 3.05) is 11.4 Å². The topological polar surface area (TPSA) is 124 Å². The van der Waals surface area contributed by atoms with Gasteiger partial charge in [-0.15, -0.1) is 0 Å². The van der Waals surface area contributed by atoms with Gasteiger partial charge in [0, 0.05) is 30.8 Å². The zero-order valence-corrected chi connectivity index (χ0v) is 14.6. The van der Waals surface area contributed by atoms with Crippen LogP contribution >= 0.6 is 11.6 Å². The first-order chi connectivity index (χ1) is 11.6. The number of nitro benzene ring substituents is 2. The molecule has 9 nitrogen and oxygen atoms in total. The van der Waals surface area contributed by atoms with E-state index < -0.39 is 19.9 Å². The molecular formula is C14H12ClN3O6S. The van der Waals surface area contributed by atoms with Gasteiger partial charge in [-0.1, -0.05) is 17.7 Å². The van der Waals surface area contributed by atoms with Crippen molar-refractivity contribution in [3.05, 3.63) is 67.2 Å². The number of non-ortho nitro benzene ring substituents is 1. The van der Waals surface area contributed by atoms with E-state index in [0.717, 1.165) is 29.6 Å². The number of halogens is 1. The van der Waals surface area contributed by atoms with Gasteiger partial charge in [-0.05, 0) is 19.1 Å². The van der Waals surface area contributed by atoms with Crippen molar-refractivity contribution in [2.45, 2.75) is 11.8 Å². The minimum absolute atomic E-state index is 0.0155. The fourth-order valence-corrected chi connectivity index (χ4v) is 3.61. The van der Waals surface area contributed by atoms with Gasteiger partial charge in [-0.3, -0.25) is 24.5 Å². The Hall–Kier alpha value is -2.72. The summed E-state index contributed by atoms with van der Waals surface area (Å²) >= 11 is 5.96. The van der Waals surface area contributed by atoms with E-state index in [9.17, 15) is 28.6 Å². The molecule has 0 amide bonds. The number of sulfonamides is 1. The van der Waals surface area contributed by atoms with Crippen molar-refractivity contribution in [1.82, 2.24) is 0 Å². The third-order valence-electron chi connectivity index (χ3n) is 3.52. The Bertz CT molecular complexity index is 977. The van der Waals surface area contributed by atoms with Crippen molar-refractivity contribution in [2.24, 2.45) is 0 Å². The molecule has 0 aliphatic carbocycles. The number of hydrogen-bond donors (Lipinski definition) is 0. The first-order valence-electron chi connectivity index (χ1n) is 6.73. The molecule has 2 aromatic carbocycles. The van der Waals surface area contributed by atoms with Gasteiger partial charge in [0.25, 0.3) is 21.4 Å². The Morgan fingerprint density at radius 1 is 1.04 bits per heavy atom. The van der Waals surface area contributed by atoms with Crippen LogP contribution in [0, 0.1) is 27.2 Å². The fourth-order valence-electron chi connectivity index (χ4n) is 2.09. The normalized spacial score (nSPS) is 11.2. The third kappa shape index (κ3) is 3.54. The first-order valence-corrected chi connectivity index (χ1v) is 8.55. The fraction of sp³-hybridized carbons (Fsp3) is 0.143. The molecule has 0 heterocycles. The van der Waals surface area contributed by atoms with E-state index in [1.54, 1.807) is 0 Å². The molecule has 0 N–H and O–H groups in total. The molecule has 0 aliphatic rings. The van der Waals surface area contributed by atoms with Crippen molar-refractivity contribution in [3.8, 4) is 0 Å². The molecule has 0 aliphatic heterocycles. The smallest absolute Gasteiger partial charge is 0.268 e. The predicted octanol–water partition coefficient (Wildman–Crippen LogP) is 3.29. The molecule has 0 bridgehead atoms. The number of hydrogen-bond acceptors (Lipinski definition) is 6. The summed E-state index contributed by atoms with van der Waals surface area (Å²) in [6.45, 7) is 1.48. The van der Waals surface area contributed by atoms with Crippen LogP contribution in [0.15, 0.2) is 41.3 Å². The quantitative estimate of drug-likeness (QED) is 0.574. The Balaban J connectivity index is 2.57. The average molecular weight is 386 g/mol. The Kier molecular flexibility index (Phi) is 4.95. The van der Waals surface area contributed by atoms with Crippen LogP contribution in [0.1, 0.15) is 5.56 Å². The van der Waals surface area contributed by atoms with Crippen LogP contribution in [0.3, 0.4) is 0 Å². The summed E-state index contributed by atoms with van der Waals surface area (Å²) in [4.78, 5) is 20.2. The summed E-state index contributed by atoms with van der Waals surface area (Å²) in [7, 11) is -3.05. The zero-order valence-electron chi connectivity index (χ0n) is 13.0. The lowest BCUT2D eigenvalue weighted by Gasteiger charge is -2.20. The summed E-state index contributed by atoms with van der Waals surface area (Å²) in [6.07, 6.45) is 0. The lowest BCUT2D eigenvalue weighted by atomic mass is 10.2. The van der Waals surface area contributed by atoms with E-state index in [1.807, 2.05) is 0 Å². The van der Waals surface area contributed by atoms with Crippen LogP contribution in [-0.4, -0.2) is 25.3 Å². The largest absolute Gasteiger partial charge is 0.273 e. The van der Waals surface area contributed by atoms with Gasteiger partial charge in [0.15, 0.2) is 0 Å². The molecule has 0 spiro atoms. The summed E-state index contributed by atoms with van der Waals surface area (Å²) < 4.78 is 26.2. The number of benzene rings is 2. The second-order valence-electron chi connectivity index (χ2n) is 5.07. The molecule has 0 saturated carbocycles. The van der Waals surface area contributed by atoms with Crippen LogP contribution in [0.2, 0.25) is 5.02 Å². The first kappa shape index (κ1) is 18.6. The van der Waals surface area contributed by atoms with Crippen LogP contribution in [0.4, 0.5) is 17.1 Å². The maximum absolute atomic E-state index is 12.7. The molecule has 0 aromatic heterocycles. The third-order valence-corrected chi connectivity index (χ3v) is 5.60. The molecule has 0 saturated heterocycles. The van der Waals surface area contributed by atoms with Gasteiger partial charge in [0.1, 0.15) is 0 Å². The van der Waals surface area contributed by atoms with Crippen molar-refractivity contribution >= 4 is 38.7 Å². The highest BCUT2D eigenvalue weighted by Crippen LogP contribution is 2.33. The molecule has 0 unspecified atom stereocenters. The van der Waals surface area contributed by atoms with Crippen molar-refractivity contribution < 1.29 is 18.3 Å². The number of anilines is 1. The summed E-state index contributed by atoms with van der Waals surface area (Å²) in [5, 5.41) is 21.9. The maximum Gasteiger partial charge on any atom is 0.273 e. The Morgan fingerprint density at radius 2 is 1.68 bits per heavy atom. The van der Waals surface area contributed by atoms with E-state index in [-0.39, 0.29) is 27.0 Å². The number of nitrogens with zero attached hydrogens (tertiary/aromatic N) is 3. The van der Waals surface area contributed by atoms with Gasteiger partial charge in [-0.2, -0.15) is 0 Å². The summed E-state index contributed by atoms with van der Waals surface area (Å²) in [6, 6.07) is 6.84. The lowest BCUT2D eigenvalue weighted by Crippen LogP contribution is -2.27. The molecular weight excluding hydrogens is 374 g/mol. The average Bonchev–Trinajstić information content (AvgIpc) is 2.54. The van der Waals surface area contributed by atoms with Gasteiger partial charge in [0.05, 0.1) is 25.5 Å². The predicted molar refractivity (Wildman–Crippen MR) is 91.5 cm³/mol. The minimum Gasteiger partial charge on any atom is -0.268 e. The Labute approximate surface area is 147 Å². The number of nitro groups is 2. The van der Waals surface area contributed by atoms with Crippen LogP contribution in [-0.2, 0) is 10.0 Å². The highest BCUT2D eigenvalue weighted by atomic mass is 35.5. The van der Waals surface area contributed by atoms with E-state index >= 15 is 0 Å². The monoisotopic (exact) mass is 385 g/mol. The van der Waals surface area contributed by atoms with Crippen molar-refractivity contribution in [1.29, 1.82) is 0 Å². The number of aryl methyl sites for hydroxylation is 1. The van der Waals surface area contributed by atoms with Gasteiger partial charge in [0.2, 0.25) is 0 Å². The molecule has 0 fully saturated rings. The lowest BCUT2D eigenvalue weighted by molar-refractivity contribution is -0.385. The molecule has 0 atom stereocenters. The highest BCUT2D eigenvalue weighted by molar-refractivity contribution is 7.92. The van der Waals surface area contributed by atoms with Crippen LogP contribution < -0.4 is 4.31 Å². The standard InChI is InChI=1S/C14H12ClN3O6S/c1-9-3-5-11(8-13(9)18(21)22)25(23,24)16(2)14-7-10(17(19)20)4-6-12(14)15/h3-8H,1-2H3. The van der Waals surface area contributed by atoms with E-state index in [4.69, 9.17) is 11.6 Å². The summed E-state index contributed by atoms with van der Waals surface area (Å²) in [5.74, 6) is 0. The van der Waals surface area contributed by atoms with Crippen LogP contribution in [0.25, 0.3) is 0 Å². The molecule has 2 aromatic rings. The maximum atomic E-state index is 12.7. The van der Waals surface area contributed by atoms with Crippen LogP contribution in [0.5, 0.6) is 0 Å². The molecule has 11 heteroatoms. The van der Waals surface area contributed by atoms with E-state index in [2.05, 4.69) is 0 Å². The van der Waals surface area contributed by atoms with Gasteiger partial charge >= 0.3 is 0 Å². The van der Waals surface area contributed by atoms with E-state index in [1.165, 1.54) is 25.1 Å². The second-order valence-corrected chi connectivity index (χ2v) is 7.45. The zero-order chi connectivity index (χ0) is 18.9. The SMILES string of the molecule is Cc1ccc(S(=O)(=O)N(C)c2cc([N+](=O)[O-])ccc2Cl)cc1[N+](=O)[O-]. The Morgan fingerprint density at radius 3 is 2.24 bits per heavy atom. The molecule has 132 valence electrons. The van der Waals surface area contributed by atoms with Gasteiger partial charge < -0.3 is 0 Å². The highest BCUT2D eigenvalue weighted by Gasteiger charge is 2.27. The number of rotatable bonds is 5. The van der Waals surface area contributed by atoms with Gasteiger partial charge in [-0.25, -0.2) is 8.42 Å². The molecule has 0 radical (unpaired) electrons. The second kappa shape index (κ2) is 6.65. The van der Waals surface area contributed by atoms with Crippen molar-refractivity contribution in [3.63, 3.8) is 0 Å². The molecule has 2 rings (SSSR count). The minimum atomic E-state index is -4.21. The van der Waals surface area contributed by atoms with E-state index in [0.29, 0.717) is 5.56 Å². The molecule has 25 heavy (non-hydrogen) atoms. The summed E-state index contributed by atoms with van der Waals surface area (Å²) in [5.41, 5.74) is -0.491.